The summed E-state index contributed by atoms with van der Waals surface area (Å²) in [5, 5.41) is 13.7. The molecule has 1 aliphatic rings. The Morgan fingerprint density at radius 1 is 0.967 bits per heavy atom. The van der Waals surface area contributed by atoms with E-state index in [1.807, 2.05) is 13.8 Å². The summed E-state index contributed by atoms with van der Waals surface area (Å²) in [5.41, 5.74) is 1.08. The summed E-state index contributed by atoms with van der Waals surface area (Å²) in [7, 11) is 0. The fraction of sp³-hybridized carbons (Fsp3) is 0.273. The molecule has 0 saturated carbocycles. The van der Waals surface area contributed by atoms with E-state index in [1.54, 1.807) is 42.5 Å². The number of hydrogen-bond acceptors (Lipinski definition) is 4. The molecule has 2 N–H and O–H groups in total. The summed E-state index contributed by atoms with van der Waals surface area (Å²) in [6.07, 6.45) is 0.211. The van der Waals surface area contributed by atoms with Crippen molar-refractivity contribution < 1.29 is 24.3 Å². The van der Waals surface area contributed by atoms with E-state index < -0.39 is 29.9 Å². The largest absolute Gasteiger partial charge is 0.480 e. The van der Waals surface area contributed by atoms with Crippen LogP contribution in [0.4, 0.5) is 4.79 Å². The van der Waals surface area contributed by atoms with Gasteiger partial charge in [0.25, 0.3) is 11.8 Å². The number of amides is 4. The van der Waals surface area contributed by atoms with E-state index >= 15 is 0 Å². The summed E-state index contributed by atoms with van der Waals surface area (Å²) in [6, 6.07) is 13.2. The monoisotopic (exact) mass is 409 g/mol. The molecule has 2 aromatic carbocycles. The van der Waals surface area contributed by atoms with Crippen LogP contribution < -0.4 is 5.32 Å². The Labute approximate surface area is 174 Å². The first kappa shape index (κ1) is 21.0. The van der Waals surface area contributed by atoms with Gasteiger partial charge in [0.2, 0.25) is 0 Å². The number of rotatable bonds is 7. The van der Waals surface area contributed by atoms with E-state index in [2.05, 4.69) is 5.32 Å². The van der Waals surface area contributed by atoms with Gasteiger partial charge in [0.15, 0.2) is 0 Å². The standard InChI is InChI=1S/C22H23N3O5/c1-14(2)12-18(21(28)29)23-22(30)24(13-15-8-4-3-5-9-15)25-19(26)16-10-6-7-11-17(16)20(25)27/h3-11,14,18H,12-13H2,1-2H3,(H,23,30)(H,28,29). The lowest BCUT2D eigenvalue weighted by molar-refractivity contribution is -0.139. The van der Waals surface area contributed by atoms with E-state index in [0.29, 0.717) is 5.56 Å². The molecule has 1 atom stereocenters. The molecule has 0 spiro atoms. The van der Waals surface area contributed by atoms with Crippen molar-refractivity contribution in [1.82, 2.24) is 15.3 Å². The van der Waals surface area contributed by atoms with E-state index in [9.17, 15) is 24.3 Å². The normalized spacial score (nSPS) is 13.9. The van der Waals surface area contributed by atoms with Crippen molar-refractivity contribution in [1.29, 1.82) is 0 Å². The number of carboxylic acid groups (broad SMARTS) is 1. The Morgan fingerprint density at radius 3 is 2.00 bits per heavy atom. The Hall–Kier alpha value is -3.68. The lowest BCUT2D eigenvalue weighted by Gasteiger charge is -2.31. The highest BCUT2D eigenvalue weighted by atomic mass is 16.4. The van der Waals surface area contributed by atoms with Crippen LogP contribution in [-0.4, -0.2) is 45.0 Å². The molecule has 0 aliphatic carbocycles. The molecule has 1 heterocycles. The zero-order chi connectivity index (χ0) is 21.8. The maximum absolute atomic E-state index is 13.1. The van der Waals surface area contributed by atoms with Gasteiger partial charge in [-0.25, -0.2) is 14.6 Å². The molecule has 2 aromatic rings. The number of carboxylic acids is 1. The zero-order valence-corrected chi connectivity index (χ0v) is 16.7. The minimum atomic E-state index is -1.18. The molecular formula is C22H23N3O5. The lowest BCUT2D eigenvalue weighted by atomic mass is 10.0. The Kier molecular flexibility index (Phi) is 6.15. The minimum absolute atomic E-state index is 0.0216. The van der Waals surface area contributed by atoms with Crippen LogP contribution in [-0.2, 0) is 11.3 Å². The van der Waals surface area contributed by atoms with Gasteiger partial charge in [0.1, 0.15) is 6.04 Å². The number of benzene rings is 2. The molecule has 1 aliphatic heterocycles. The Morgan fingerprint density at radius 2 is 1.50 bits per heavy atom. The molecule has 0 aromatic heterocycles. The number of nitrogens with one attached hydrogen (secondary N) is 1. The van der Waals surface area contributed by atoms with E-state index in [0.717, 1.165) is 10.0 Å². The minimum Gasteiger partial charge on any atom is -0.480 e. The van der Waals surface area contributed by atoms with Crippen molar-refractivity contribution in [3.8, 4) is 0 Å². The number of fused-ring (bicyclic) bond motifs is 1. The number of hydrogen-bond donors (Lipinski definition) is 2. The number of aliphatic carboxylic acids is 1. The second-order valence-corrected chi connectivity index (χ2v) is 7.48. The van der Waals surface area contributed by atoms with Crippen LogP contribution in [0.2, 0.25) is 0 Å². The molecule has 1 unspecified atom stereocenters. The molecule has 0 radical (unpaired) electrons. The number of carbonyl (C=O) groups is 4. The smallest absolute Gasteiger partial charge is 0.337 e. The number of urea groups is 1. The predicted molar refractivity (Wildman–Crippen MR) is 108 cm³/mol. The number of hydrazine groups is 1. The van der Waals surface area contributed by atoms with Gasteiger partial charge in [-0.3, -0.25) is 9.59 Å². The first-order chi connectivity index (χ1) is 14.3. The molecule has 8 nitrogen and oxygen atoms in total. The average Bonchev–Trinajstić information content (AvgIpc) is 2.97. The second kappa shape index (κ2) is 8.77. The first-order valence-corrected chi connectivity index (χ1v) is 9.62. The van der Waals surface area contributed by atoms with Crippen LogP contribution in [0.1, 0.15) is 46.5 Å². The third-order valence-corrected chi connectivity index (χ3v) is 4.73. The van der Waals surface area contributed by atoms with Crippen LogP contribution in [0.15, 0.2) is 54.6 Å². The van der Waals surface area contributed by atoms with Crippen LogP contribution in [0, 0.1) is 5.92 Å². The molecule has 156 valence electrons. The summed E-state index contributed by atoms with van der Waals surface area (Å²) in [6.45, 7) is 3.61. The second-order valence-electron chi connectivity index (χ2n) is 7.48. The topological polar surface area (TPSA) is 107 Å². The fourth-order valence-electron chi connectivity index (χ4n) is 3.30. The van der Waals surface area contributed by atoms with Gasteiger partial charge in [-0.2, -0.15) is 5.01 Å². The fourth-order valence-corrected chi connectivity index (χ4v) is 3.30. The first-order valence-electron chi connectivity index (χ1n) is 9.62. The number of carbonyl (C=O) groups excluding carboxylic acids is 3. The molecule has 0 fully saturated rings. The summed E-state index contributed by atoms with van der Waals surface area (Å²) < 4.78 is 0. The molecular weight excluding hydrogens is 386 g/mol. The molecule has 30 heavy (non-hydrogen) atoms. The summed E-state index contributed by atoms with van der Waals surface area (Å²) in [5.74, 6) is -2.41. The quantitative estimate of drug-likeness (QED) is 0.684. The Bertz CT molecular complexity index is 939. The van der Waals surface area contributed by atoms with Crippen LogP contribution >= 0.6 is 0 Å². The van der Waals surface area contributed by atoms with Gasteiger partial charge in [-0.1, -0.05) is 56.3 Å². The predicted octanol–water partition coefficient (Wildman–Crippen LogP) is 2.91. The molecule has 8 heteroatoms. The van der Waals surface area contributed by atoms with Gasteiger partial charge in [-0.15, -0.1) is 0 Å². The number of imide groups is 1. The highest BCUT2D eigenvalue weighted by molar-refractivity contribution is 6.21. The van der Waals surface area contributed by atoms with E-state index in [-0.39, 0.29) is 30.0 Å². The highest BCUT2D eigenvalue weighted by Gasteiger charge is 2.42. The SMILES string of the molecule is CC(C)CC(NC(=O)N(Cc1ccccc1)N1C(=O)c2ccccc2C1=O)C(=O)O. The third kappa shape index (κ3) is 4.32. The van der Waals surface area contributed by atoms with Gasteiger partial charge in [0, 0.05) is 0 Å². The highest BCUT2D eigenvalue weighted by Crippen LogP contribution is 2.25. The average molecular weight is 409 g/mol. The summed E-state index contributed by atoms with van der Waals surface area (Å²) in [4.78, 5) is 50.5. The van der Waals surface area contributed by atoms with Gasteiger partial charge >= 0.3 is 12.0 Å². The zero-order valence-electron chi connectivity index (χ0n) is 16.7. The van der Waals surface area contributed by atoms with Gasteiger partial charge < -0.3 is 10.4 Å². The summed E-state index contributed by atoms with van der Waals surface area (Å²) >= 11 is 0. The van der Waals surface area contributed by atoms with Crippen LogP contribution in [0.25, 0.3) is 0 Å². The Balaban J connectivity index is 1.93. The molecule has 4 amide bonds. The maximum atomic E-state index is 13.1. The molecule has 0 bridgehead atoms. The van der Waals surface area contributed by atoms with Gasteiger partial charge in [0.05, 0.1) is 17.7 Å². The van der Waals surface area contributed by atoms with E-state index in [1.165, 1.54) is 12.1 Å². The van der Waals surface area contributed by atoms with Crippen molar-refractivity contribution in [3.05, 3.63) is 71.3 Å². The molecule has 3 rings (SSSR count). The van der Waals surface area contributed by atoms with Crippen molar-refractivity contribution in [2.45, 2.75) is 32.9 Å². The maximum Gasteiger partial charge on any atom is 0.337 e. The lowest BCUT2D eigenvalue weighted by Crippen LogP contribution is -2.56. The van der Waals surface area contributed by atoms with Crippen molar-refractivity contribution in [2.75, 3.05) is 0 Å². The van der Waals surface area contributed by atoms with Crippen molar-refractivity contribution in [2.24, 2.45) is 5.92 Å². The van der Waals surface area contributed by atoms with E-state index in [4.69, 9.17) is 0 Å². The third-order valence-electron chi connectivity index (χ3n) is 4.73. The van der Waals surface area contributed by atoms with Crippen LogP contribution in [0.3, 0.4) is 0 Å². The van der Waals surface area contributed by atoms with Crippen molar-refractivity contribution in [3.63, 3.8) is 0 Å². The number of nitrogens with zero attached hydrogens (tertiary/aromatic N) is 2. The molecule has 0 saturated heterocycles. The van der Waals surface area contributed by atoms with Crippen molar-refractivity contribution >= 4 is 23.8 Å². The van der Waals surface area contributed by atoms with Crippen LogP contribution in [0.5, 0.6) is 0 Å². The van der Waals surface area contributed by atoms with Gasteiger partial charge in [-0.05, 0) is 30.0 Å².